The molecule has 4 nitrogen and oxygen atoms in total. The lowest BCUT2D eigenvalue weighted by molar-refractivity contribution is -0.682. The Morgan fingerprint density at radius 2 is 2.15 bits per heavy atom. The minimum Gasteiger partial charge on any atom is -0.333 e. The zero-order valence-corrected chi connectivity index (χ0v) is 12.1. The van der Waals surface area contributed by atoms with E-state index in [1.807, 2.05) is 30.4 Å². The van der Waals surface area contributed by atoms with Gasteiger partial charge in [0.25, 0.3) is 5.91 Å². The summed E-state index contributed by atoms with van der Waals surface area (Å²) in [7, 11) is 0. The Morgan fingerprint density at radius 1 is 1.50 bits per heavy atom. The van der Waals surface area contributed by atoms with Crippen molar-refractivity contribution in [3.8, 4) is 6.07 Å². The monoisotopic (exact) mass is 272 g/mol. The van der Waals surface area contributed by atoms with Crippen molar-refractivity contribution in [2.45, 2.75) is 38.3 Å². The van der Waals surface area contributed by atoms with Gasteiger partial charge in [-0.1, -0.05) is 30.3 Å². The molecule has 3 N–H and O–H groups in total. The molecule has 20 heavy (non-hydrogen) atoms. The average Bonchev–Trinajstić information content (AvgIpc) is 3.30. The summed E-state index contributed by atoms with van der Waals surface area (Å²) in [5, 5.41) is 14.1. The van der Waals surface area contributed by atoms with Crippen LogP contribution in [-0.2, 0) is 4.79 Å². The van der Waals surface area contributed by atoms with E-state index in [9.17, 15) is 10.1 Å². The van der Waals surface area contributed by atoms with Crippen LogP contribution in [0.1, 0.15) is 38.3 Å². The van der Waals surface area contributed by atoms with Crippen LogP contribution < -0.4 is 10.6 Å². The normalized spacial score (nSPS) is 18.6. The van der Waals surface area contributed by atoms with Gasteiger partial charge in [0, 0.05) is 5.56 Å². The maximum absolute atomic E-state index is 12.0. The van der Waals surface area contributed by atoms with E-state index in [4.69, 9.17) is 0 Å². The predicted octanol–water partition coefficient (Wildman–Crippen LogP) is 1.12. The Bertz CT molecular complexity index is 504. The van der Waals surface area contributed by atoms with Crippen molar-refractivity contribution in [3.05, 3.63) is 35.9 Å². The molecule has 0 saturated heterocycles. The van der Waals surface area contributed by atoms with Gasteiger partial charge in [-0.2, -0.15) is 5.26 Å². The predicted molar refractivity (Wildman–Crippen MR) is 76.5 cm³/mol. The van der Waals surface area contributed by atoms with Crippen molar-refractivity contribution >= 4 is 5.91 Å². The van der Waals surface area contributed by atoms with Crippen LogP contribution in [0, 0.1) is 17.2 Å². The van der Waals surface area contributed by atoms with Crippen molar-refractivity contribution in [1.82, 2.24) is 5.32 Å². The van der Waals surface area contributed by atoms with E-state index in [2.05, 4.69) is 30.4 Å². The SMILES string of the molecule is C[C@@H]([NH2+]CC(=O)N[C@@](C)(C#N)C1CC1)c1ccccc1. The third kappa shape index (κ3) is 3.58. The summed E-state index contributed by atoms with van der Waals surface area (Å²) in [4.78, 5) is 12.0. The number of hydrogen-bond acceptors (Lipinski definition) is 2. The van der Waals surface area contributed by atoms with Crippen molar-refractivity contribution in [2.75, 3.05) is 6.54 Å². The zero-order valence-electron chi connectivity index (χ0n) is 12.1. The highest BCUT2D eigenvalue weighted by Crippen LogP contribution is 2.39. The van der Waals surface area contributed by atoms with Gasteiger partial charge in [-0.15, -0.1) is 0 Å². The summed E-state index contributed by atoms with van der Waals surface area (Å²) in [6.07, 6.45) is 2.07. The van der Waals surface area contributed by atoms with Gasteiger partial charge in [-0.05, 0) is 32.6 Å². The van der Waals surface area contributed by atoms with Crippen molar-refractivity contribution in [1.29, 1.82) is 5.26 Å². The van der Waals surface area contributed by atoms with Crippen LogP contribution in [0.4, 0.5) is 0 Å². The van der Waals surface area contributed by atoms with E-state index in [1.54, 1.807) is 0 Å². The smallest absolute Gasteiger partial charge is 0.276 e. The number of nitrogens with two attached hydrogens (primary N) is 1. The van der Waals surface area contributed by atoms with Gasteiger partial charge < -0.3 is 10.6 Å². The molecule has 0 aliphatic heterocycles. The second kappa shape index (κ2) is 6.06. The molecule has 1 fully saturated rings. The molecule has 1 saturated carbocycles. The molecule has 4 heteroatoms. The van der Waals surface area contributed by atoms with Gasteiger partial charge in [0.15, 0.2) is 6.54 Å². The van der Waals surface area contributed by atoms with Crippen molar-refractivity contribution in [3.63, 3.8) is 0 Å². The highest BCUT2D eigenvalue weighted by molar-refractivity contribution is 5.78. The van der Waals surface area contributed by atoms with Crippen LogP contribution in [0.25, 0.3) is 0 Å². The molecule has 0 radical (unpaired) electrons. The first kappa shape index (κ1) is 14.5. The lowest BCUT2D eigenvalue weighted by atomic mass is 9.98. The molecule has 1 aliphatic rings. The van der Waals surface area contributed by atoms with Crippen LogP contribution in [0.5, 0.6) is 0 Å². The van der Waals surface area contributed by atoms with Crippen LogP contribution in [0.15, 0.2) is 30.3 Å². The van der Waals surface area contributed by atoms with Crippen LogP contribution >= 0.6 is 0 Å². The van der Waals surface area contributed by atoms with E-state index in [0.29, 0.717) is 12.5 Å². The summed E-state index contributed by atoms with van der Waals surface area (Å²) in [6, 6.07) is 12.6. The molecule has 0 aromatic heterocycles. The molecule has 0 heterocycles. The number of nitrogens with zero attached hydrogens (tertiary/aromatic N) is 1. The molecule has 0 bridgehead atoms. The number of carbonyl (C=O) groups is 1. The number of carbonyl (C=O) groups excluding carboxylic acids is 1. The number of nitrogens with one attached hydrogen (secondary N) is 1. The largest absolute Gasteiger partial charge is 0.333 e. The summed E-state index contributed by atoms with van der Waals surface area (Å²) in [5.74, 6) is 0.256. The Balaban J connectivity index is 1.82. The summed E-state index contributed by atoms with van der Waals surface area (Å²) in [6.45, 7) is 4.25. The fourth-order valence-corrected chi connectivity index (χ4v) is 2.40. The fraction of sp³-hybridized carbons (Fsp3) is 0.500. The highest BCUT2D eigenvalue weighted by Gasteiger charge is 2.43. The van der Waals surface area contributed by atoms with E-state index < -0.39 is 5.54 Å². The summed E-state index contributed by atoms with van der Waals surface area (Å²) >= 11 is 0. The summed E-state index contributed by atoms with van der Waals surface area (Å²) in [5.41, 5.74) is 0.506. The van der Waals surface area contributed by atoms with Crippen LogP contribution in [-0.4, -0.2) is 18.0 Å². The second-order valence-corrected chi connectivity index (χ2v) is 5.78. The first-order chi connectivity index (χ1) is 9.55. The maximum atomic E-state index is 12.0. The average molecular weight is 272 g/mol. The lowest BCUT2D eigenvalue weighted by Crippen LogP contribution is -2.87. The standard InChI is InChI=1S/C16H21N3O/c1-12(13-6-4-3-5-7-13)18-10-15(20)19-16(2,11-17)14-8-9-14/h3-7,12,14,18H,8-10H2,1-2H3,(H,19,20)/p+1/t12-,16+/m1/s1. The van der Waals surface area contributed by atoms with E-state index >= 15 is 0 Å². The fourth-order valence-electron chi connectivity index (χ4n) is 2.40. The Kier molecular flexibility index (Phi) is 4.41. The van der Waals surface area contributed by atoms with Crippen LogP contribution in [0.2, 0.25) is 0 Å². The van der Waals surface area contributed by atoms with Gasteiger partial charge in [0.05, 0.1) is 6.07 Å². The van der Waals surface area contributed by atoms with Gasteiger partial charge in [-0.25, -0.2) is 0 Å². The number of nitriles is 1. The lowest BCUT2D eigenvalue weighted by Gasteiger charge is -2.22. The molecule has 2 rings (SSSR count). The van der Waals surface area contributed by atoms with E-state index in [-0.39, 0.29) is 11.9 Å². The number of benzene rings is 1. The number of quaternary nitrogens is 1. The first-order valence-corrected chi connectivity index (χ1v) is 7.15. The molecule has 1 aliphatic carbocycles. The number of hydrogen-bond donors (Lipinski definition) is 2. The van der Waals surface area contributed by atoms with Gasteiger partial charge >= 0.3 is 0 Å². The van der Waals surface area contributed by atoms with Crippen molar-refractivity contribution in [2.24, 2.45) is 5.92 Å². The molecular weight excluding hydrogens is 250 g/mol. The minimum absolute atomic E-state index is 0.0660. The minimum atomic E-state index is -0.694. The van der Waals surface area contributed by atoms with E-state index in [0.717, 1.165) is 12.8 Å². The molecule has 1 amide bonds. The molecule has 106 valence electrons. The molecule has 1 aromatic rings. The molecule has 2 atom stereocenters. The zero-order chi connectivity index (χ0) is 14.6. The summed E-state index contributed by atoms with van der Waals surface area (Å²) < 4.78 is 0. The number of rotatable bonds is 6. The second-order valence-electron chi connectivity index (χ2n) is 5.78. The Hall–Kier alpha value is -1.86. The molecular formula is C16H22N3O+. The first-order valence-electron chi connectivity index (χ1n) is 7.15. The quantitative estimate of drug-likeness (QED) is 0.814. The Morgan fingerprint density at radius 3 is 2.70 bits per heavy atom. The van der Waals surface area contributed by atoms with Crippen LogP contribution in [0.3, 0.4) is 0 Å². The number of amides is 1. The molecule has 1 aromatic carbocycles. The van der Waals surface area contributed by atoms with Gasteiger partial charge in [-0.3, -0.25) is 4.79 Å². The molecule has 0 unspecified atom stereocenters. The highest BCUT2D eigenvalue weighted by atomic mass is 16.2. The topological polar surface area (TPSA) is 69.5 Å². The maximum Gasteiger partial charge on any atom is 0.276 e. The van der Waals surface area contributed by atoms with E-state index in [1.165, 1.54) is 5.56 Å². The Labute approximate surface area is 120 Å². The molecule has 0 spiro atoms. The van der Waals surface area contributed by atoms with Gasteiger partial charge in [0.2, 0.25) is 0 Å². The third-order valence-corrected chi connectivity index (χ3v) is 4.01. The van der Waals surface area contributed by atoms with Gasteiger partial charge in [0.1, 0.15) is 11.6 Å². The van der Waals surface area contributed by atoms with Crippen molar-refractivity contribution < 1.29 is 10.1 Å². The third-order valence-electron chi connectivity index (χ3n) is 4.01.